The number of rotatable bonds is 4. The summed E-state index contributed by atoms with van der Waals surface area (Å²) in [6.07, 6.45) is 6.62. The first-order chi connectivity index (χ1) is 11.9. The van der Waals surface area contributed by atoms with Crippen molar-refractivity contribution >= 4 is 33.4 Å². The number of hydrogen-bond donors (Lipinski definition) is 1. The lowest BCUT2D eigenvalue weighted by Crippen LogP contribution is -2.58. The van der Waals surface area contributed by atoms with Gasteiger partial charge in [-0.2, -0.15) is 0 Å². The van der Waals surface area contributed by atoms with E-state index in [2.05, 4.69) is 21.2 Å². The van der Waals surface area contributed by atoms with E-state index in [1.54, 1.807) is 11.9 Å². The summed E-state index contributed by atoms with van der Waals surface area (Å²) >= 11 is 3.96. The predicted molar refractivity (Wildman–Crippen MR) is 101 cm³/mol. The van der Waals surface area contributed by atoms with Gasteiger partial charge < -0.3 is 10.2 Å². The summed E-state index contributed by atoms with van der Waals surface area (Å²) in [4.78, 5) is 27.2. The molecule has 0 heterocycles. The highest BCUT2D eigenvalue weighted by molar-refractivity contribution is 9.10. The lowest BCUT2D eigenvalue weighted by Gasteiger charge is -2.59. The number of likely N-dealkylation sites (N-methyl/N-ethyl adjacent to an activating group) is 1. The zero-order valence-electron chi connectivity index (χ0n) is 14.6. The summed E-state index contributed by atoms with van der Waals surface area (Å²) in [7, 11) is 1.77. The first-order valence-electron chi connectivity index (χ1n) is 9.17. The van der Waals surface area contributed by atoms with E-state index in [1.165, 1.54) is 19.3 Å². The molecule has 0 aromatic heterocycles. The number of para-hydroxylation sites is 1. The molecule has 0 unspecified atom stereocenters. The highest BCUT2D eigenvalue weighted by Crippen LogP contribution is 2.64. The molecule has 4 bridgehead atoms. The van der Waals surface area contributed by atoms with Crippen LogP contribution in [0.2, 0.25) is 0 Å². The quantitative estimate of drug-likeness (QED) is 0.775. The van der Waals surface area contributed by atoms with Crippen molar-refractivity contribution in [1.82, 2.24) is 4.90 Å². The van der Waals surface area contributed by atoms with Crippen LogP contribution in [0.4, 0.5) is 5.69 Å². The van der Waals surface area contributed by atoms with E-state index in [9.17, 15) is 9.59 Å². The Hall–Kier alpha value is -1.36. The second-order valence-electron chi connectivity index (χ2n) is 8.47. The van der Waals surface area contributed by atoms with E-state index in [0.29, 0.717) is 11.8 Å². The molecular weight excluding hydrogens is 380 g/mol. The second-order valence-corrected chi connectivity index (χ2v) is 10.1. The van der Waals surface area contributed by atoms with Crippen LogP contribution in [-0.2, 0) is 9.59 Å². The molecule has 4 fully saturated rings. The maximum absolute atomic E-state index is 13.3. The Morgan fingerprint density at radius 2 is 1.80 bits per heavy atom. The van der Waals surface area contributed by atoms with Crippen LogP contribution in [-0.4, -0.2) is 34.6 Å². The number of amides is 2. The Morgan fingerprint density at radius 3 is 2.40 bits per heavy atom. The summed E-state index contributed by atoms with van der Waals surface area (Å²) < 4.78 is 0.153. The summed E-state index contributed by atoms with van der Waals surface area (Å²) in [5, 5.41) is 2.87. The molecule has 4 saturated carbocycles. The predicted octanol–water partition coefficient (Wildman–Crippen LogP) is 3.82. The molecule has 25 heavy (non-hydrogen) atoms. The zero-order valence-corrected chi connectivity index (χ0v) is 16.2. The number of hydrogen-bond acceptors (Lipinski definition) is 2. The molecule has 1 aromatic carbocycles. The summed E-state index contributed by atoms with van der Waals surface area (Å²) in [6.45, 7) is 0.111. The summed E-state index contributed by atoms with van der Waals surface area (Å²) in [5.74, 6) is 1.35. The smallest absolute Gasteiger partial charge is 0.243 e. The highest BCUT2D eigenvalue weighted by Gasteiger charge is 2.60. The van der Waals surface area contributed by atoms with Crippen LogP contribution in [0.15, 0.2) is 30.3 Å². The highest BCUT2D eigenvalue weighted by atomic mass is 79.9. The van der Waals surface area contributed by atoms with Crippen molar-refractivity contribution in [2.75, 3.05) is 18.9 Å². The fourth-order valence-corrected chi connectivity index (χ4v) is 7.27. The van der Waals surface area contributed by atoms with Gasteiger partial charge in [-0.3, -0.25) is 9.59 Å². The van der Waals surface area contributed by atoms with E-state index in [-0.39, 0.29) is 28.1 Å². The molecule has 4 nitrogen and oxygen atoms in total. The van der Waals surface area contributed by atoms with Gasteiger partial charge >= 0.3 is 0 Å². The maximum atomic E-state index is 13.3. The van der Waals surface area contributed by atoms with E-state index < -0.39 is 0 Å². The van der Waals surface area contributed by atoms with Crippen LogP contribution in [0, 0.1) is 17.3 Å². The number of nitrogens with one attached hydrogen (secondary N) is 1. The number of anilines is 1. The molecule has 4 aliphatic rings. The summed E-state index contributed by atoms with van der Waals surface area (Å²) in [6, 6.07) is 9.39. The number of benzene rings is 1. The van der Waals surface area contributed by atoms with Crippen LogP contribution in [0.25, 0.3) is 0 Å². The molecular formula is C20H25BrN2O2. The molecule has 0 saturated heterocycles. The van der Waals surface area contributed by atoms with E-state index in [4.69, 9.17) is 0 Å². The van der Waals surface area contributed by atoms with Crippen molar-refractivity contribution in [3.63, 3.8) is 0 Å². The van der Waals surface area contributed by atoms with E-state index in [0.717, 1.165) is 24.9 Å². The Balaban J connectivity index is 1.43. The minimum atomic E-state index is -0.255. The van der Waals surface area contributed by atoms with Gasteiger partial charge in [-0.05, 0) is 62.5 Å². The van der Waals surface area contributed by atoms with Gasteiger partial charge in [0.05, 0.1) is 12.0 Å². The van der Waals surface area contributed by atoms with Crippen molar-refractivity contribution in [2.24, 2.45) is 17.3 Å². The molecule has 5 heteroatoms. The van der Waals surface area contributed by atoms with Crippen molar-refractivity contribution in [1.29, 1.82) is 0 Å². The molecule has 2 atom stereocenters. The Morgan fingerprint density at radius 1 is 1.16 bits per heavy atom. The topological polar surface area (TPSA) is 49.4 Å². The molecule has 0 radical (unpaired) electrons. The molecule has 1 N–H and O–H groups in total. The zero-order chi connectivity index (χ0) is 17.7. The van der Waals surface area contributed by atoms with Crippen molar-refractivity contribution < 1.29 is 9.59 Å². The average molecular weight is 405 g/mol. The lowest BCUT2D eigenvalue weighted by molar-refractivity contribution is -0.155. The van der Waals surface area contributed by atoms with Crippen LogP contribution in [0.1, 0.15) is 38.5 Å². The molecule has 0 aliphatic heterocycles. The molecule has 4 aliphatic carbocycles. The van der Waals surface area contributed by atoms with Gasteiger partial charge in [0.2, 0.25) is 11.8 Å². The number of halogens is 1. The average Bonchev–Trinajstić information content (AvgIpc) is 2.52. The molecule has 134 valence electrons. The van der Waals surface area contributed by atoms with Gasteiger partial charge in [0.1, 0.15) is 0 Å². The molecule has 0 spiro atoms. The normalized spacial score (nSPS) is 35.4. The third-order valence-corrected chi connectivity index (χ3v) is 7.16. The Labute approximate surface area is 157 Å². The maximum Gasteiger partial charge on any atom is 0.243 e. The lowest BCUT2D eigenvalue weighted by atomic mass is 9.49. The van der Waals surface area contributed by atoms with Crippen molar-refractivity contribution in [3.05, 3.63) is 30.3 Å². The van der Waals surface area contributed by atoms with Gasteiger partial charge in [0.25, 0.3) is 0 Å². The van der Waals surface area contributed by atoms with Crippen LogP contribution in [0.5, 0.6) is 0 Å². The van der Waals surface area contributed by atoms with Gasteiger partial charge in [-0.1, -0.05) is 34.1 Å². The van der Waals surface area contributed by atoms with E-state index >= 15 is 0 Å². The number of alkyl halides is 1. The van der Waals surface area contributed by atoms with Crippen LogP contribution in [0.3, 0.4) is 0 Å². The SMILES string of the molecule is CN(CC(=O)Nc1ccccc1)C(=O)C12C[C@H]3C[C@@H](CC(Br)(C3)C1)C2. The molecule has 1 aromatic rings. The fraction of sp³-hybridized carbons (Fsp3) is 0.600. The van der Waals surface area contributed by atoms with Gasteiger partial charge in [-0.15, -0.1) is 0 Å². The van der Waals surface area contributed by atoms with Crippen LogP contribution >= 0.6 is 15.9 Å². The number of carbonyl (C=O) groups excluding carboxylic acids is 2. The molecule has 2 amide bonds. The Kier molecular flexibility index (Phi) is 4.18. The van der Waals surface area contributed by atoms with Gasteiger partial charge in [0, 0.05) is 17.1 Å². The monoisotopic (exact) mass is 404 g/mol. The van der Waals surface area contributed by atoms with E-state index in [1.807, 2.05) is 30.3 Å². The standard InChI is InChI=1S/C20H25BrN2O2/c1-23(12-17(24)22-16-5-3-2-4-6-16)18(25)19-8-14-7-15(9-19)11-20(21,10-14)13-19/h2-6,14-15H,7-13H2,1H3,(H,22,24)/t14-,15-,19?,20?/m1/s1. The summed E-state index contributed by atoms with van der Waals surface area (Å²) in [5.41, 5.74) is 0.512. The first-order valence-corrected chi connectivity index (χ1v) is 9.96. The van der Waals surface area contributed by atoms with Gasteiger partial charge in [0.15, 0.2) is 0 Å². The third kappa shape index (κ3) is 3.23. The van der Waals surface area contributed by atoms with Gasteiger partial charge in [-0.25, -0.2) is 0 Å². The second kappa shape index (κ2) is 6.11. The molecule has 5 rings (SSSR count). The largest absolute Gasteiger partial charge is 0.336 e. The third-order valence-electron chi connectivity index (χ3n) is 6.23. The first kappa shape index (κ1) is 17.1. The Bertz CT molecular complexity index is 676. The minimum Gasteiger partial charge on any atom is -0.336 e. The fourth-order valence-electron chi connectivity index (χ4n) is 5.82. The van der Waals surface area contributed by atoms with Crippen molar-refractivity contribution in [2.45, 2.75) is 42.8 Å². The van der Waals surface area contributed by atoms with Crippen molar-refractivity contribution in [3.8, 4) is 0 Å². The minimum absolute atomic E-state index is 0.111. The van der Waals surface area contributed by atoms with Crippen LogP contribution < -0.4 is 5.32 Å². The number of carbonyl (C=O) groups is 2. The number of nitrogens with zero attached hydrogens (tertiary/aromatic N) is 1.